The molecule has 27 heavy (non-hydrogen) atoms. The van der Waals surface area contributed by atoms with Gasteiger partial charge in [-0.1, -0.05) is 11.2 Å². The number of nitrogens with one attached hydrogen (secondary N) is 2. The summed E-state index contributed by atoms with van der Waals surface area (Å²) in [5.41, 5.74) is 3.41. The number of rotatable bonds is 4. The average molecular weight is 383 g/mol. The van der Waals surface area contributed by atoms with Gasteiger partial charge in [0.05, 0.1) is 4.88 Å². The molecule has 0 saturated carbocycles. The Hall–Kier alpha value is -2.58. The fourth-order valence-corrected chi connectivity index (χ4v) is 3.87. The van der Waals surface area contributed by atoms with E-state index < -0.39 is 5.54 Å². The normalized spacial score (nSPS) is 14.0. The lowest BCUT2D eigenvalue weighted by Crippen LogP contribution is -2.41. The fourth-order valence-electron chi connectivity index (χ4n) is 3.25. The monoisotopic (exact) mass is 383 g/mol. The molecular formula is C19H21N5O2S. The van der Waals surface area contributed by atoms with Crippen LogP contribution in [0.4, 0.5) is 0 Å². The first-order valence-electron chi connectivity index (χ1n) is 8.84. The summed E-state index contributed by atoms with van der Waals surface area (Å²) in [6.07, 6.45) is 2.81. The van der Waals surface area contributed by atoms with Crippen LogP contribution in [0.3, 0.4) is 0 Å². The van der Waals surface area contributed by atoms with Gasteiger partial charge >= 0.3 is 0 Å². The minimum absolute atomic E-state index is 0.157. The summed E-state index contributed by atoms with van der Waals surface area (Å²) in [6, 6.07) is 3.63. The summed E-state index contributed by atoms with van der Waals surface area (Å²) in [4.78, 5) is 22.2. The number of aromatic nitrogens is 3. The van der Waals surface area contributed by atoms with Crippen molar-refractivity contribution in [3.8, 4) is 11.4 Å². The summed E-state index contributed by atoms with van der Waals surface area (Å²) in [5, 5.41) is 12.4. The third-order valence-electron chi connectivity index (χ3n) is 4.69. The Morgan fingerprint density at radius 2 is 2.26 bits per heavy atom. The summed E-state index contributed by atoms with van der Waals surface area (Å²) < 4.78 is 5.53. The lowest BCUT2D eigenvalue weighted by Gasteiger charge is -2.21. The van der Waals surface area contributed by atoms with Crippen LogP contribution in [0.15, 0.2) is 28.2 Å². The summed E-state index contributed by atoms with van der Waals surface area (Å²) in [7, 11) is 0. The van der Waals surface area contributed by atoms with Gasteiger partial charge in [0, 0.05) is 24.0 Å². The third-order valence-corrected chi connectivity index (χ3v) is 5.56. The molecule has 1 aliphatic heterocycles. The van der Waals surface area contributed by atoms with E-state index in [0.717, 1.165) is 30.8 Å². The molecule has 0 radical (unpaired) electrons. The van der Waals surface area contributed by atoms with Gasteiger partial charge < -0.3 is 15.2 Å². The molecule has 140 valence electrons. The summed E-state index contributed by atoms with van der Waals surface area (Å²) in [6.45, 7) is 7.37. The Labute approximate surface area is 161 Å². The fraction of sp³-hybridized carbons (Fsp3) is 0.368. The molecule has 0 atom stereocenters. The Balaban J connectivity index is 1.65. The number of amides is 1. The van der Waals surface area contributed by atoms with E-state index in [1.165, 1.54) is 22.5 Å². The first-order chi connectivity index (χ1) is 13.0. The first-order valence-corrected chi connectivity index (χ1v) is 9.72. The first kappa shape index (κ1) is 17.8. The molecule has 3 aromatic heterocycles. The van der Waals surface area contributed by atoms with E-state index >= 15 is 0 Å². The Bertz CT molecular complexity index is 978. The SMILES string of the molecule is Cc1ncc2c(c1-c1noc(C(C)(C)NC(=O)c3cccs3)n1)CCNC2. The lowest BCUT2D eigenvalue weighted by molar-refractivity contribution is 0.0899. The van der Waals surface area contributed by atoms with E-state index in [9.17, 15) is 4.79 Å². The van der Waals surface area contributed by atoms with Crippen LogP contribution >= 0.6 is 11.3 Å². The predicted octanol–water partition coefficient (Wildman–Crippen LogP) is 2.81. The van der Waals surface area contributed by atoms with Gasteiger partial charge in [-0.15, -0.1) is 11.3 Å². The molecule has 1 aliphatic rings. The molecule has 0 unspecified atom stereocenters. The van der Waals surface area contributed by atoms with Gasteiger partial charge in [0.2, 0.25) is 5.82 Å². The second-order valence-corrected chi connectivity index (χ2v) is 8.08. The molecule has 2 N–H and O–H groups in total. The van der Waals surface area contributed by atoms with Crippen molar-refractivity contribution in [2.75, 3.05) is 6.54 Å². The molecule has 0 aromatic carbocycles. The van der Waals surface area contributed by atoms with Crippen molar-refractivity contribution >= 4 is 17.2 Å². The number of carbonyl (C=O) groups excluding carboxylic acids is 1. The van der Waals surface area contributed by atoms with Gasteiger partial charge in [-0.2, -0.15) is 4.98 Å². The van der Waals surface area contributed by atoms with Crippen LogP contribution in [0.2, 0.25) is 0 Å². The van der Waals surface area contributed by atoms with Crippen LogP contribution in [0, 0.1) is 6.92 Å². The van der Waals surface area contributed by atoms with Gasteiger partial charge in [-0.3, -0.25) is 9.78 Å². The van der Waals surface area contributed by atoms with Gasteiger partial charge in [0.1, 0.15) is 5.54 Å². The molecule has 0 saturated heterocycles. The maximum Gasteiger partial charge on any atom is 0.262 e. The van der Waals surface area contributed by atoms with Crippen molar-refractivity contribution in [1.29, 1.82) is 0 Å². The molecule has 0 fully saturated rings. The quantitative estimate of drug-likeness (QED) is 0.720. The molecule has 4 heterocycles. The molecule has 0 aliphatic carbocycles. The van der Waals surface area contributed by atoms with Crippen LogP contribution in [-0.4, -0.2) is 27.6 Å². The second kappa shape index (κ2) is 6.86. The lowest BCUT2D eigenvalue weighted by atomic mass is 9.95. The van der Waals surface area contributed by atoms with E-state index in [4.69, 9.17) is 4.52 Å². The molecule has 7 nitrogen and oxygen atoms in total. The molecule has 0 bridgehead atoms. The average Bonchev–Trinajstić information content (AvgIpc) is 3.33. The molecule has 8 heteroatoms. The third kappa shape index (κ3) is 3.38. The number of thiophene rings is 1. The van der Waals surface area contributed by atoms with E-state index in [2.05, 4.69) is 25.8 Å². The second-order valence-electron chi connectivity index (χ2n) is 7.13. The van der Waals surface area contributed by atoms with Crippen LogP contribution < -0.4 is 10.6 Å². The van der Waals surface area contributed by atoms with Crippen molar-refractivity contribution < 1.29 is 9.32 Å². The Morgan fingerprint density at radius 3 is 3.04 bits per heavy atom. The smallest absolute Gasteiger partial charge is 0.262 e. The molecular weight excluding hydrogens is 362 g/mol. The molecule has 1 amide bonds. The zero-order chi connectivity index (χ0) is 19.0. The van der Waals surface area contributed by atoms with Crippen LogP contribution in [0.25, 0.3) is 11.4 Å². The van der Waals surface area contributed by atoms with Crippen LogP contribution in [0.1, 0.15) is 46.2 Å². The maximum absolute atomic E-state index is 12.4. The minimum Gasteiger partial charge on any atom is -0.337 e. The molecule has 4 rings (SSSR count). The van der Waals surface area contributed by atoms with Crippen LogP contribution in [0.5, 0.6) is 0 Å². The zero-order valence-corrected chi connectivity index (χ0v) is 16.3. The van der Waals surface area contributed by atoms with Gasteiger partial charge in [0.25, 0.3) is 11.8 Å². The molecule has 0 spiro atoms. The van der Waals surface area contributed by atoms with Gasteiger partial charge in [-0.25, -0.2) is 0 Å². The highest BCUT2D eigenvalue weighted by atomic mass is 32.1. The Kier molecular flexibility index (Phi) is 4.53. The number of fused-ring (bicyclic) bond motifs is 1. The largest absolute Gasteiger partial charge is 0.337 e. The van der Waals surface area contributed by atoms with Gasteiger partial charge in [-0.05, 0) is 56.3 Å². The van der Waals surface area contributed by atoms with E-state index in [-0.39, 0.29) is 5.91 Å². The zero-order valence-electron chi connectivity index (χ0n) is 15.5. The summed E-state index contributed by atoms with van der Waals surface area (Å²) >= 11 is 1.39. The van der Waals surface area contributed by atoms with Crippen LogP contribution in [-0.2, 0) is 18.5 Å². The number of aryl methyl sites for hydroxylation is 1. The minimum atomic E-state index is -0.788. The van der Waals surface area contributed by atoms with Gasteiger partial charge in [0.15, 0.2) is 0 Å². The van der Waals surface area contributed by atoms with E-state index in [1.54, 1.807) is 6.07 Å². The van der Waals surface area contributed by atoms with Crippen molar-refractivity contribution in [3.05, 3.63) is 51.3 Å². The maximum atomic E-state index is 12.4. The number of nitrogens with zero attached hydrogens (tertiary/aromatic N) is 3. The number of carbonyl (C=O) groups is 1. The van der Waals surface area contributed by atoms with E-state index in [1.807, 2.05) is 38.4 Å². The summed E-state index contributed by atoms with van der Waals surface area (Å²) in [5.74, 6) is 0.733. The number of hydrogen-bond donors (Lipinski definition) is 2. The van der Waals surface area contributed by atoms with Crippen molar-refractivity contribution in [1.82, 2.24) is 25.8 Å². The standard InChI is InChI=1S/C19H21N5O2S/c1-11-15(13-6-7-20-9-12(13)10-21-11)16-22-18(26-24-16)19(2,3)23-17(25)14-5-4-8-27-14/h4-5,8,10,20H,6-7,9H2,1-3H3,(H,23,25). The predicted molar refractivity (Wildman–Crippen MR) is 102 cm³/mol. The number of hydrogen-bond acceptors (Lipinski definition) is 7. The Morgan fingerprint density at radius 1 is 1.41 bits per heavy atom. The topological polar surface area (TPSA) is 92.9 Å². The highest BCUT2D eigenvalue weighted by Crippen LogP contribution is 2.30. The van der Waals surface area contributed by atoms with Crippen molar-refractivity contribution in [3.63, 3.8) is 0 Å². The highest BCUT2D eigenvalue weighted by molar-refractivity contribution is 7.12. The van der Waals surface area contributed by atoms with E-state index in [0.29, 0.717) is 16.6 Å². The molecule has 3 aromatic rings. The van der Waals surface area contributed by atoms with Crippen molar-refractivity contribution in [2.45, 2.75) is 39.3 Å². The van der Waals surface area contributed by atoms with Crippen molar-refractivity contribution in [2.24, 2.45) is 0 Å². The number of pyridine rings is 1. The highest BCUT2D eigenvalue weighted by Gasteiger charge is 2.31.